The molecule has 3 atom stereocenters. The van der Waals surface area contributed by atoms with Crippen LogP contribution in [0, 0.1) is 5.92 Å². The molecule has 0 fully saturated rings. The van der Waals surface area contributed by atoms with Crippen LogP contribution in [-0.2, 0) is 20.9 Å². The van der Waals surface area contributed by atoms with Gasteiger partial charge in [-0.3, -0.25) is 0 Å². The van der Waals surface area contributed by atoms with Crippen LogP contribution in [0.1, 0.15) is 24.2 Å². The molecule has 26 heavy (non-hydrogen) atoms. The van der Waals surface area contributed by atoms with Crippen LogP contribution in [0.2, 0.25) is 0 Å². The van der Waals surface area contributed by atoms with E-state index in [-0.39, 0.29) is 12.0 Å². The van der Waals surface area contributed by atoms with Crippen LogP contribution in [0.25, 0.3) is 0 Å². The first-order valence-electron chi connectivity index (χ1n) is 8.45. The lowest BCUT2D eigenvalue weighted by Crippen LogP contribution is -2.31. The summed E-state index contributed by atoms with van der Waals surface area (Å²) in [6, 6.07) is 15.9. The Morgan fingerprint density at radius 1 is 1.15 bits per heavy atom. The van der Waals surface area contributed by atoms with Gasteiger partial charge >= 0.3 is 5.97 Å². The Balaban J connectivity index is 1.78. The number of rotatable bonds is 5. The molecule has 0 saturated carbocycles. The third kappa shape index (κ3) is 4.54. The molecule has 4 nitrogen and oxygen atoms in total. The predicted octanol–water partition coefficient (Wildman–Crippen LogP) is 4.83. The zero-order chi connectivity index (χ0) is 18.5. The van der Waals surface area contributed by atoms with Crippen molar-refractivity contribution in [1.82, 2.24) is 0 Å². The summed E-state index contributed by atoms with van der Waals surface area (Å²) < 4.78 is 17.6. The monoisotopic (exact) mass is 416 g/mol. The Labute approximate surface area is 161 Å². The van der Waals surface area contributed by atoms with Crippen molar-refractivity contribution in [3.05, 3.63) is 76.3 Å². The maximum absolute atomic E-state index is 11.8. The lowest BCUT2D eigenvalue weighted by Gasteiger charge is -2.30. The van der Waals surface area contributed by atoms with Gasteiger partial charge in [-0.05, 0) is 35.4 Å². The third-order valence-electron chi connectivity index (χ3n) is 4.26. The zero-order valence-electron chi connectivity index (χ0n) is 14.7. The molecule has 2 aromatic carbocycles. The van der Waals surface area contributed by atoms with Gasteiger partial charge in [0, 0.05) is 10.4 Å². The number of methoxy groups -OCH3 is 1. The Bertz CT molecular complexity index is 788. The number of benzene rings is 2. The van der Waals surface area contributed by atoms with Crippen molar-refractivity contribution in [3.63, 3.8) is 0 Å². The molecular formula is C21H21BrO4. The summed E-state index contributed by atoms with van der Waals surface area (Å²) in [5, 5.41) is 0. The molecule has 0 N–H and O–H groups in total. The molecule has 0 unspecified atom stereocenters. The van der Waals surface area contributed by atoms with Gasteiger partial charge in [-0.15, -0.1) is 0 Å². The van der Waals surface area contributed by atoms with Gasteiger partial charge in [0.25, 0.3) is 0 Å². The highest BCUT2D eigenvalue weighted by Gasteiger charge is 2.30. The van der Waals surface area contributed by atoms with Gasteiger partial charge in [0.1, 0.15) is 12.4 Å². The van der Waals surface area contributed by atoms with Gasteiger partial charge in [-0.1, -0.05) is 59.3 Å². The summed E-state index contributed by atoms with van der Waals surface area (Å²) in [4.78, 5) is 11.8. The number of carbonyl (C=O) groups is 1. The second-order valence-corrected chi connectivity index (χ2v) is 7.15. The fourth-order valence-corrected chi connectivity index (χ4v) is 3.40. The van der Waals surface area contributed by atoms with E-state index in [4.69, 9.17) is 14.2 Å². The van der Waals surface area contributed by atoms with Crippen molar-refractivity contribution >= 4 is 21.9 Å². The minimum absolute atomic E-state index is 0.132. The number of esters is 1. The number of ether oxygens (including phenoxy) is 3. The second kappa shape index (κ2) is 8.52. The summed E-state index contributed by atoms with van der Waals surface area (Å²) in [5.41, 5.74) is 2.05. The number of hydrogen-bond acceptors (Lipinski definition) is 4. The van der Waals surface area contributed by atoms with Gasteiger partial charge in [0.15, 0.2) is 6.10 Å². The molecule has 2 aromatic rings. The maximum atomic E-state index is 11.8. The van der Waals surface area contributed by atoms with E-state index in [0.717, 1.165) is 21.3 Å². The van der Waals surface area contributed by atoms with E-state index in [2.05, 4.69) is 22.9 Å². The van der Waals surface area contributed by atoms with Crippen LogP contribution in [-0.4, -0.2) is 19.2 Å². The Kier molecular flexibility index (Phi) is 6.12. The van der Waals surface area contributed by atoms with Crippen LogP contribution in [0.4, 0.5) is 0 Å². The molecule has 0 saturated heterocycles. The van der Waals surface area contributed by atoms with Crippen molar-refractivity contribution in [1.29, 1.82) is 0 Å². The largest absolute Gasteiger partial charge is 0.489 e. The Hall–Kier alpha value is -2.11. The standard InChI is InChI=1S/C21H21BrO4/c1-14-8-9-19(21(23)24-2)26-20(14)16-10-17(22)12-18(11-16)25-13-15-6-4-3-5-7-15/h3-12,14,19-20H,13H2,1-2H3/t14-,19-,20-/m0/s1. The summed E-state index contributed by atoms with van der Waals surface area (Å²) in [6.45, 7) is 2.54. The van der Waals surface area contributed by atoms with Gasteiger partial charge in [-0.25, -0.2) is 4.79 Å². The first-order valence-corrected chi connectivity index (χ1v) is 9.25. The topological polar surface area (TPSA) is 44.8 Å². The molecule has 0 amide bonds. The lowest BCUT2D eigenvalue weighted by atomic mass is 9.94. The van der Waals surface area contributed by atoms with E-state index in [1.165, 1.54) is 7.11 Å². The van der Waals surface area contributed by atoms with E-state index in [1.807, 2.05) is 54.6 Å². The van der Waals surface area contributed by atoms with E-state index in [9.17, 15) is 4.79 Å². The highest BCUT2D eigenvalue weighted by atomic mass is 79.9. The van der Waals surface area contributed by atoms with Crippen LogP contribution in [0.15, 0.2) is 65.2 Å². The molecule has 0 aromatic heterocycles. The van der Waals surface area contributed by atoms with Crippen molar-refractivity contribution in [2.45, 2.75) is 25.7 Å². The summed E-state index contributed by atoms with van der Waals surface area (Å²) in [5.74, 6) is 0.485. The minimum Gasteiger partial charge on any atom is -0.489 e. The summed E-state index contributed by atoms with van der Waals surface area (Å²) in [7, 11) is 1.36. The molecule has 1 aliphatic rings. The van der Waals surface area contributed by atoms with Crippen LogP contribution in [0.3, 0.4) is 0 Å². The molecule has 0 radical (unpaired) electrons. The number of carbonyl (C=O) groups excluding carboxylic acids is 1. The molecule has 5 heteroatoms. The van der Waals surface area contributed by atoms with Crippen LogP contribution >= 0.6 is 15.9 Å². The van der Waals surface area contributed by atoms with E-state index >= 15 is 0 Å². The Morgan fingerprint density at radius 3 is 2.65 bits per heavy atom. The Morgan fingerprint density at radius 2 is 1.92 bits per heavy atom. The SMILES string of the molecule is COC(=O)[C@@H]1C=C[C@H](C)[C@@H](c2cc(Br)cc(OCc3ccccc3)c2)O1. The molecular weight excluding hydrogens is 396 g/mol. The third-order valence-corrected chi connectivity index (χ3v) is 4.72. The van der Waals surface area contributed by atoms with Gasteiger partial charge < -0.3 is 14.2 Å². The van der Waals surface area contributed by atoms with E-state index in [1.54, 1.807) is 6.08 Å². The smallest absolute Gasteiger partial charge is 0.339 e. The molecule has 0 bridgehead atoms. The zero-order valence-corrected chi connectivity index (χ0v) is 16.3. The lowest BCUT2D eigenvalue weighted by molar-refractivity contribution is -0.156. The van der Waals surface area contributed by atoms with Gasteiger partial charge in [-0.2, -0.15) is 0 Å². The summed E-state index contributed by atoms with van der Waals surface area (Å²) in [6.07, 6.45) is 2.80. The van der Waals surface area contributed by atoms with Gasteiger partial charge in [0.05, 0.1) is 13.2 Å². The predicted molar refractivity (Wildman–Crippen MR) is 103 cm³/mol. The highest BCUT2D eigenvalue weighted by molar-refractivity contribution is 9.10. The number of hydrogen-bond donors (Lipinski definition) is 0. The van der Waals surface area contributed by atoms with Crippen molar-refractivity contribution in [3.8, 4) is 5.75 Å². The maximum Gasteiger partial charge on any atom is 0.339 e. The van der Waals surface area contributed by atoms with Crippen molar-refractivity contribution < 1.29 is 19.0 Å². The van der Waals surface area contributed by atoms with Gasteiger partial charge in [0.2, 0.25) is 0 Å². The van der Waals surface area contributed by atoms with Crippen molar-refractivity contribution in [2.24, 2.45) is 5.92 Å². The molecule has 1 aliphatic heterocycles. The van der Waals surface area contributed by atoms with E-state index in [0.29, 0.717) is 6.61 Å². The summed E-state index contributed by atoms with van der Waals surface area (Å²) >= 11 is 3.54. The average molecular weight is 417 g/mol. The fraction of sp³-hybridized carbons (Fsp3) is 0.286. The van der Waals surface area contributed by atoms with Crippen molar-refractivity contribution in [2.75, 3.05) is 7.11 Å². The quantitative estimate of drug-likeness (QED) is 0.516. The molecule has 1 heterocycles. The molecule has 136 valence electrons. The first kappa shape index (κ1) is 18.7. The van der Waals surface area contributed by atoms with Crippen LogP contribution in [0.5, 0.6) is 5.75 Å². The first-order chi connectivity index (χ1) is 12.6. The molecule has 0 aliphatic carbocycles. The normalized spacial score (nSPS) is 22.0. The molecule has 3 rings (SSSR count). The number of halogens is 1. The average Bonchev–Trinajstić information content (AvgIpc) is 2.66. The van der Waals surface area contributed by atoms with E-state index < -0.39 is 12.1 Å². The van der Waals surface area contributed by atoms with Crippen LogP contribution < -0.4 is 4.74 Å². The molecule has 0 spiro atoms. The minimum atomic E-state index is -0.686. The fourth-order valence-electron chi connectivity index (χ4n) is 2.91. The highest BCUT2D eigenvalue weighted by Crippen LogP contribution is 2.36. The second-order valence-electron chi connectivity index (χ2n) is 6.24.